The van der Waals surface area contributed by atoms with E-state index in [4.69, 9.17) is 0 Å². The smallest absolute Gasteiger partial charge is 0.194 e. The largest absolute Gasteiger partial charge is 0.310 e. The Morgan fingerprint density at radius 1 is 1.14 bits per heavy atom. The summed E-state index contributed by atoms with van der Waals surface area (Å²) < 4.78 is 0. The number of hydrogen-bond donors (Lipinski definition) is 1. The number of pyridine rings is 1. The van der Waals surface area contributed by atoms with Crippen LogP contribution in [0.3, 0.4) is 0 Å². The summed E-state index contributed by atoms with van der Waals surface area (Å²) in [6, 6.07) is 4.46. The van der Waals surface area contributed by atoms with Crippen LogP contribution in [-0.2, 0) is 0 Å². The van der Waals surface area contributed by atoms with Gasteiger partial charge in [-0.1, -0.05) is 13.0 Å². The van der Waals surface area contributed by atoms with Crippen molar-refractivity contribution in [1.29, 1.82) is 0 Å². The average Bonchev–Trinajstić information content (AvgIpc) is 2.45. The van der Waals surface area contributed by atoms with Crippen molar-refractivity contribution in [2.24, 2.45) is 0 Å². The van der Waals surface area contributed by atoms with Gasteiger partial charge in [0.2, 0.25) is 0 Å². The van der Waals surface area contributed by atoms with Crippen LogP contribution in [0, 0.1) is 20.8 Å². The zero-order chi connectivity index (χ0) is 15.4. The number of hydrogen-bond acceptors (Lipinski definition) is 5. The first-order valence-corrected chi connectivity index (χ1v) is 8.02. The summed E-state index contributed by atoms with van der Waals surface area (Å²) in [5.74, 6) is 0. The molecule has 2 heterocycles. The molecule has 0 aliphatic heterocycles. The second-order valence-corrected chi connectivity index (χ2v) is 6.10. The molecule has 21 heavy (non-hydrogen) atoms. The minimum Gasteiger partial charge on any atom is -0.310 e. The third-order valence-corrected chi connectivity index (χ3v) is 4.39. The lowest BCUT2D eigenvalue weighted by Gasteiger charge is -2.12. The third kappa shape index (κ3) is 4.02. The molecule has 0 aliphatic carbocycles. The Hall–Kier alpha value is -1.46. The van der Waals surface area contributed by atoms with E-state index < -0.39 is 0 Å². The number of nitrogens with one attached hydrogen (secondary N) is 1. The maximum atomic E-state index is 4.52. The molecule has 0 saturated carbocycles. The topological polar surface area (TPSA) is 50.7 Å². The van der Waals surface area contributed by atoms with E-state index in [1.54, 1.807) is 0 Å². The quantitative estimate of drug-likeness (QED) is 0.855. The highest BCUT2D eigenvalue weighted by Gasteiger charge is 2.08. The molecule has 0 saturated heterocycles. The van der Waals surface area contributed by atoms with Crippen molar-refractivity contribution < 1.29 is 0 Å². The van der Waals surface area contributed by atoms with Crippen LogP contribution in [0.25, 0.3) is 0 Å². The summed E-state index contributed by atoms with van der Waals surface area (Å²) in [5, 5.41) is 5.06. The Bertz CT molecular complexity index is 587. The molecule has 0 aromatic carbocycles. The summed E-state index contributed by atoms with van der Waals surface area (Å²) in [5.41, 5.74) is 4.41. The first kappa shape index (κ1) is 15.9. The monoisotopic (exact) mass is 302 g/mol. The van der Waals surface area contributed by atoms with Crippen molar-refractivity contribution in [2.45, 2.75) is 50.8 Å². The van der Waals surface area contributed by atoms with Crippen LogP contribution in [0.5, 0.6) is 0 Å². The minimum absolute atomic E-state index is 0.321. The van der Waals surface area contributed by atoms with E-state index in [0.717, 1.165) is 33.7 Å². The molecule has 1 N–H and O–H groups in total. The first-order valence-electron chi connectivity index (χ1n) is 7.20. The summed E-state index contributed by atoms with van der Waals surface area (Å²) in [6.45, 7) is 11.3. The van der Waals surface area contributed by atoms with Crippen molar-refractivity contribution in [3.8, 4) is 0 Å². The van der Waals surface area contributed by atoms with E-state index in [9.17, 15) is 0 Å². The normalized spacial score (nSPS) is 12.4. The molecule has 0 amide bonds. The van der Waals surface area contributed by atoms with Crippen molar-refractivity contribution >= 4 is 11.8 Å². The zero-order valence-electron chi connectivity index (χ0n) is 13.3. The van der Waals surface area contributed by atoms with Crippen LogP contribution in [-0.4, -0.2) is 21.5 Å². The molecular formula is C16H22N4S. The van der Waals surface area contributed by atoms with E-state index in [0.29, 0.717) is 6.04 Å². The van der Waals surface area contributed by atoms with Gasteiger partial charge in [0.05, 0.1) is 0 Å². The lowest BCUT2D eigenvalue weighted by molar-refractivity contribution is 0.595. The molecule has 1 unspecified atom stereocenters. The SMILES string of the molecule is CCNC(C)c1ccc(Sc2nc(C)c(C)c(C)n2)nc1. The lowest BCUT2D eigenvalue weighted by Crippen LogP contribution is -2.17. The van der Waals surface area contributed by atoms with E-state index in [-0.39, 0.29) is 0 Å². The van der Waals surface area contributed by atoms with Gasteiger partial charge >= 0.3 is 0 Å². The van der Waals surface area contributed by atoms with Crippen molar-refractivity contribution in [1.82, 2.24) is 20.3 Å². The van der Waals surface area contributed by atoms with E-state index in [1.807, 2.05) is 33.0 Å². The number of nitrogens with zero attached hydrogens (tertiary/aromatic N) is 3. The molecule has 112 valence electrons. The summed E-state index contributed by atoms with van der Waals surface area (Å²) in [7, 11) is 0. The van der Waals surface area contributed by atoms with Gasteiger partial charge in [-0.25, -0.2) is 15.0 Å². The molecular weight excluding hydrogens is 280 g/mol. The zero-order valence-corrected chi connectivity index (χ0v) is 14.1. The Balaban J connectivity index is 2.13. The van der Waals surface area contributed by atoms with Gasteiger partial charge in [-0.2, -0.15) is 0 Å². The Kier molecular flexibility index (Phi) is 5.31. The van der Waals surface area contributed by atoms with Crippen molar-refractivity contribution in [3.63, 3.8) is 0 Å². The summed E-state index contributed by atoms with van der Waals surface area (Å²) >= 11 is 1.50. The van der Waals surface area contributed by atoms with E-state index in [2.05, 4.69) is 40.2 Å². The molecule has 4 nitrogen and oxygen atoms in total. The van der Waals surface area contributed by atoms with Crippen LogP contribution < -0.4 is 5.32 Å². The molecule has 2 aromatic heterocycles. The van der Waals surface area contributed by atoms with Crippen LogP contribution >= 0.6 is 11.8 Å². The second-order valence-electron chi connectivity index (χ2n) is 5.11. The van der Waals surface area contributed by atoms with Crippen LogP contribution in [0.4, 0.5) is 0 Å². The Morgan fingerprint density at radius 2 is 1.81 bits per heavy atom. The molecule has 2 rings (SSSR count). The van der Waals surface area contributed by atoms with Gasteiger partial charge in [0.15, 0.2) is 5.16 Å². The second kappa shape index (κ2) is 7.00. The maximum Gasteiger partial charge on any atom is 0.194 e. The Labute approximate surface area is 130 Å². The fraction of sp³-hybridized carbons (Fsp3) is 0.438. The average molecular weight is 302 g/mol. The van der Waals surface area contributed by atoms with Crippen molar-refractivity contribution in [2.75, 3.05) is 6.54 Å². The number of aromatic nitrogens is 3. The fourth-order valence-corrected chi connectivity index (χ4v) is 2.81. The van der Waals surface area contributed by atoms with Crippen molar-refractivity contribution in [3.05, 3.63) is 40.8 Å². The molecule has 0 radical (unpaired) electrons. The van der Waals surface area contributed by atoms with Gasteiger partial charge in [-0.15, -0.1) is 0 Å². The molecule has 0 aliphatic rings. The number of rotatable bonds is 5. The van der Waals surface area contributed by atoms with Gasteiger partial charge < -0.3 is 5.32 Å². The van der Waals surface area contributed by atoms with Gasteiger partial charge in [0.1, 0.15) is 5.03 Å². The van der Waals surface area contributed by atoms with Gasteiger partial charge in [0.25, 0.3) is 0 Å². The minimum atomic E-state index is 0.321. The van der Waals surface area contributed by atoms with Gasteiger partial charge in [-0.05, 0) is 63.2 Å². The summed E-state index contributed by atoms with van der Waals surface area (Å²) in [4.78, 5) is 13.5. The van der Waals surface area contributed by atoms with Crippen LogP contribution in [0.2, 0.25) is 0 Å². The van der Waals surface area contributed by atoms with Crippen LogP contribution in [0.1, 0.15) is 42.4 Å². The predicted molar refractivity (Wildman–Crippen MR) is 86.7 cm³/mol. The molecule has 0 bridgehead atoms. The molecule has 0 fully saturated rings. The van der Waals surface area contributed by atoms with Crippen LogP contribution in [0.15, 0.2) is 28.5 Å². The highest BCUT2D eigenvalue weighted by Crippen LogP contribution is 2.25. The predicted octanol–water partition coefficient (Wildman–Crippen LogP) is 3.62. The number of aryl methyl sites for hydroxylation is 2. The maximum absolute atomic E-state index is 4.52. The molecule has 5 heteroatoms. The van der Waals surface area contributed by atoms with E-state index >= 15 is 0 Å². The third-order valence-electron chi connectivity index (χ3n) is 3.58. The molecule has 1 atom stereocenters. The molecule has 2 aromatic rings. The van der Waals surface area contributed by atoms with Gasteiger partial charge in [-0.3, -0.25) is 0 Å². The van der Waals surface area contributed by atoms with E-state index in [1.165, 1.54) is 17.3 Å². The standard InChI is InChI=1S/C16H22N4S/c1-6-17-13(5)14-7-8-15(18-9-14)21-16-19-11(3)10(2)12(4)20-16/h7-9,13,17H,6H2,1-5H3. The van der Waals surface area contributed by atoms with Gasteiger partial charge in [0, 0.05) is 23.6 Å². The fourth-order valence-electron chi connectivity index (χ4n) is 2.01. The molecule has 0 spiro atoms. The Morgan fingerprint density at radius 3 is 2.33 bits per heavy atom. The highest BCUT2D eigenvalue weighted by molar-refractivity contribution is 7.99. The summed E-state index contributed by atoms with van der Waals surface area (Å²) in [6.07, 6.45) is 1.92. The lowest BCUT2D eigenvalue weighted by atomic mass is 10.1. The highest BCUT2D eigenvalue weighted by atomic mass is 32.2. The first-order chi connectivity index (χ1) is 10.0.